The molecule has 82 valence electrons. The van der Waals surface area contributed by atoms with E-state index in [1.54, 1.807) is 13.2 Å². The van der Waals surface area contributed by atoms with E-state index in [9.17, 15) is 4.79 Å². The van der Waals surface area contributed by atoms with Crippen molar-refractivity contribution in [1.82, 2.24) is 0 Å². The van der Waals surface area contributed by atoms with E-state index >= 15 is 0 Å². The van der Waals surface area contributed by atoms with E-state index in [1.807, 2.05) is 13.8 Å². The van der Waals surface area contributed by atoms with E-state index in [1.165, 1.54) is 5.57 Å². The summed E-state index contributed by atoms with van der Waals surface area (Å²) in [5, 5.41) is 0. The maximum atomic E-state index is 11.7. The molecule has 0 aromatic rings. The number of rotatable bonds is 4. The molecule has 0 bridgehead atoms. The van der Waals surface area contributed by atoms with Gasteiger partial charge in [0.15, 0.2) is 5.78 Å². The molecule has 1 unspecified atom stereocenters. The van der Waals surface area contributed by atoms with Gasteiger partial charge in [-0.1, -0.05) is 17.7 Å². The number of ketones is 1. The van der Waals surface area contributed by atoms with Gasteiger partial charge in [-0.3, -0.25) is 4.79 Å². The first-order valence-corrected chi connectivity index (χ1v) is 5.16. The normalized spacial score (nSPS) is 20.5. The Hall–Kier alpha value is -1.31. The van der Waals surface area contributed by atoms with E-state index in [0.29, 0.717) is 12.8 Å². The second-order valence-corrected chi connectivity index (χ2v) is 4.02. The van der Waals surface area contributed by atoms with Crippen molar-refractivity contribution in [3.8, 4) is 0 Å². The molecular weight excluding hydrogens is 188 g/mol. The van der Waals surface area contributed by atoms with Crippen molar-refractivity contribution in [3.63, 3.8) is 0 Å². The van der Waals surface area contributed by atoms with Gasteiger partial charge in [-0.15, -0.1) is 6.58 Å². The summed E-state index contributed by atoms with van der Waals surface area (Å²) in [7, 11) is 1.63. The van der Waals surface area contributed by atoms with Crippen molar-refractivity contribution in [2.45, 2.75) is 26.7 Å². The van der Waals surface area contributed by atoms with Crippen LogP contribution in [-0.2, 0) is 9.53 Å². The van der Waals surface area contributed by atoms with E-state index in [-0.39, 0.29) is 11.7 Å². The first-order valence-electron chi connectivity index (χ1n) is 5.16. The van der Waals surface area contributed by atoms with Gasteiger partial charge < -0.3 is 4.74 Å². The van der Waals surface area contributed by atoms with Crippen LogP contribution >= 0.6 is 0 Å². The fraction of sp³-hybridized carbons (Fsp3) is 0.462. The third-order valence-corrected chi connectivity index (χ3v) is 2.48. The van der Waals surface area contributed by atoms with Gasteiger partial charge in [0.2, 0.25) is 0 Å². The van der Waals surface area contributed by atoms with Crippen LogP contribution < -0.4 is 0 Å². The minimum Gasteiger partial charge on any atom is -0.500 e. The maximum Gasteiger partial charge on any atom is 0.163 e. The third kappa shape index (κ3) is 2.58. The van der Waals surface area contributed by atoms with Gasteiger partial charge in [0, 0.05) is 17.9 Å². The van der Waals surface area contributed by atoms with Gasteiger partial charge in [-0.25, -0.2) is 0 Å². The summed E-state index contributed by atoms with van der Waals surface area (Å²) in [5.41, 5.74) is 2.00. The van der Waals surface area contributed by atoms with Crippen molar-refractivity contribution in [2.24, 2.45) is 5.92 Å². The van der Waals surface area contributed by atoms with E-state index in [4.69, 9.17) is 4.74 Å². The maximum absolute atomic E-state index is 11.7. The van der Waals surface area contributed by atoms with Crippen LogP contribution in [0.1, 0.15) is 26.7 Å². The highest BCUT2D eigenvalue weighted by Gasteiger charge is 2.30. The number of allylic oxidation sites excluding steroid dienone is 4. The molecule has 2 nitrogen and oxygen atoms in total. The fourth-order valence-corrected chi connectivity index (χ4v) is 1.95. The average Bonchev–Trinajstić information content (AvgIpc) is 2.42. The van der Waals surface area contributed by atoms with Crippen molar-refractivity contribution in [2.75, 3.05) is 7.11 Å². The molecule has 0 fully saturated rings. The summed E-state index contributed by atoms with van der Waals surface area (Å²) in [6.45, 7) is 7.72. The molecule has 0 aliphatic heterocycles. The predicted octanol–water partition coefficient (Wildman–Crippen LogP) is 3.02. The van der Waals surface area contributed by atoms with E-state index in [0.717, 1.165) is 11.3 Å². The van der Waals surface area contributed by atoms with Crippen LogP contribution in [-0.4, -0.2) is 12.9 Å². The molecule has 0 saturated carbocycles. The lowest BCUT2D eigenvalue weighted by Crippen LogP contribution is -1.99. The molecule has 0 spiro atoms. The fourth-order valence-electron chi connectivity index (χ4n) is 1.95. The second kappa shape index (κ2) is 4.96. The topological polar surface area (TPSA) is 26.3 Å². The smallest absolute Gasteiger partial charge is 0.163 e. The number of hydrogen-bond donors (Lipinski definition) is 0. The summed E-state index contributed by atoms with van der Waals surface area (Å²) in [4.78, 5) is 11.7. The van der Waals surface area contributed by atoms with Crippen LogP contribution in [0.15, 0.2) is 35.6 Å². The minimum atomic E-state index is 0.127. The number of carbonyl (C=O) groups is 1. The Morgan fingerprint density at radius 1 is 1.60 bits per heavy atom. The predicted molar refractivity (Wildman–Crippen MR) is 61.4 cm³/mol. The molecule has 0 saturated heterocycles. The second-order valence-electron chi connectivity index (χ2n) is 4.02. The summed E-state index contributed by atoms with van der Waals surface area (Å²) in [5.74, 6) is 1.14. The number of hydrogen-bond acceptors (Lipinski definition) is 2. The molecule has 0 aromatic carbocycles. The summed E-state index contributed by atoms with van der Waals surface area (Å²) in [6, 6.07) is 0. The molecular formula is C13H18O2. The summed E-state index contributed by atoms with van der Waals surface area (Å²) < 4.78 is 5.33. The van der Waals surface area contributed by atoms with Crippen LogP contribution in [0.25, 0.3) is 0 Å². The Bertz CT molecular complexity index is 330. The number of ether oxygens (including phenoxy) is 1. The third-order valence-electron chi connectivity index (χ3n) is 2.48. The standard InChI is InChI=1S/C13H18O2/c1-5-6-11-12(14)8-10(7-9(2)3)13(11)15-4/h5,7,10H,1,6,8H2,2-4H3. The Kier molecular flexibility index (Phi) is 3.89. The minimum absolute atomic E-state index is 0.127. The van der Waals surface area contributed by atoms with Gasteiger partial charge in [0.1, 0.15) is 5.76 Å². The summed E-state index contributed by atoms with van der Waals surface area (Å²) >= 11 is 0. The lowest BCUT2D eigenvalue weighted by Gasteiger charge is -2.09. The molecule has 1 aliphatic carbocycles. The average molecular weight is 206 g/mol. The molecule has 1 atom stereocenters. The lowest BCUT2D eigenvalue weighted by atomic mass is 10.0. The highest BCUT2D eigenvalue weighted by molar-refractivity contribution is 5.99. The zero-order chi connectivity index (χ0) is 11.4. The number of methoxy groups -OCH3 is 1. The molecule has 0 radical (unpaired) electrons. The van der Waals surface area contributed by atoms with E-state index < -0.39 is 0 Å². The zero-order valence-electron chi connectivity index (χ0n) is 9.67. The SMILES string of the molecule is C=CCC1=C(OC)C(C=C(C)C)CC1=O. The van der Waals surface area contributed by atoms with Gasteiger partial charge in [0.25, 0.3) is 0 Å². The number of Topliss-reactive ketones (excluding diaryl/α,β-unsaturated/α-hetero) is 1. The number of carbonyl (C=O) groups excluding carboxylic acids is 1. The van der Waals surface area contributed by atoms with Crippen LogP contribution in [0, 0.1) is 5.92 Å². The molecule has 0 aromatic heterocycles. The molecule has 15 heavy (non-hydrogen) atoms. The lowest BCUT2D eigenvalue weighted by molar-refractivity contribution is -0.115. The van der Waals surface area contributed by atoms with Crippen LogP contribution in [0.4, 0.5) is 0 Å². The first kappa shape index (κ1) is 11.8. The van der Waals surface area contributed by atoms with Gasteiger partial charge in [-0.05, 0) is 20.3 Å². The summed E-state index contributed by atoms with van der Waals surface area (Å²) in [6.07, 6.45) is 4.98. The van der Waals surface area contributed by atoms with Crippen molar-refractivity contribution in [3.05, 3.63) is 35.6 Å². The molecule has 1 rings (SSSR count). The highest BCUT2D eigenvalue weighted by Crippen LogP contribution is 2.33. The van der Waals surface area contributed by atoms with Crippen LogP contribution in [0.2, 0.25) is 0 Å². The molecule has 1 aliphatic rings. The van der Waals surface area contributed by atoms with E-state index in [2.05, 4.69) is 12.7 Å². The zero-order valence-corrected chi connectivity index (χ0v) is 9.67. The van der Waals surface area contributed by atoms with Gasteiger partial charge in [-0.2, -0.15) is 0 Å². The Labute approximate surface area is 91.3 Å². The van der Waals surface area contributed by atoms with Crippen LogP contribution in [0.5, 0.6) is 0 Å². The van der Waals surface area contributed by atoms with Crippen molar-refractivity contribution < 1.29 is 9.53 Å². The molecule has 0 amide bonds. The quantitative estimate of drug-likeness (QED) is 0.661. The van der Waals surface area contributed by atoms with Crippen molar-refractivity contribution >= 4 is 5.78 Å². The largest absolute Gasteiger partial charge is 0.500 e. The molecule has 2 heteroatoms. The Morgan fingerprint density at radius 3 is 2.73 bits per heavy atom. The molecule has 0 N–H and O–H groups in total. The highest BCUT2D eigenvalue weighted by atomic mass is 16.5. The first-order chi connectivity index (χ1) is 7.10. The van der Waals surface area contributed by atoms with Gasteiger partial charge in [0.05, 0.1) is 7.11 Å². The molecule has 0 heterocycles. The van der Waals surface area contributed by atoms with Crippen molar-refractivity contribution in [1.29, 1.82) is 0 Å². The monoisotopic (exact) mass is 206 g/mol. The Balaban J connectivity index is 3.01. The van der Waals surface area contributed by atoms with Crippen LogP contribution in [0.3, 0.4) is 0 Å². The Morgan fingerprint density at radius 2 is 2.27 bits per heavy atom. The van der Waals surface area contributed by atoms with Gasteiger partial charge >= 0.3 is 0 Å².